The second-order valence-electron chi connectivity index (χ2n) is 4.17. The van der Waals surface area contributed by atoms with Crippen molar-refractivity contribution in [1.29, 1.82) is 0 Å². The van der Waals surface area contributed by atoms with Crippen molar-refractivity contribution < 1.29 is 36.2 Å². The number of hydrogen-bond acceptors (Lipinski definition) is 2. The van der Waals surface area contributed by atoms with Gasteiger partial charge in [0.1, 0.15) is 5.56 Å². The van der Waals surface area contributed by atoms with E-state index in [1.165, 1.54) is 0 Å². The summed E-state index contributed by atoms with van der Waals surface area (Å²) >= 11 is 0. The number of carbonyl (C=O) groups is 1. The van der Waals surface area contributed by atoms with Crippen LogP contribution in [-0.2, 0) is 12.4 Å². The number of halogens is 6. The van der Waals surface area contributed by atoms with Gasteiger partial charge in [0.15, 0.2) is 5.69 Å². The zero-order valence-electron chi connectivity index (χ0n) is 10.4. The average molecular weight is 324 g/mol. The fraction of sp³-hybridized carbons (Fsp3) is 0.167. The van der Waals surface area contributed by atoms with Gasteiger partial charge in [-0.3, -0.25) is 0 Å². The summed E-state index contributed by atoms with van der Waals surface area (Å²) in [5.41, 5.74) is -4.05. The summed E-state index contributed by atoms with van der Waals surface area (Å²) in [5, 5.41) is 12.0. The second kappa shape index (κ2) is 5.04. The van der Waals surface area contributed by atoms with Gasteiger partial charge in [0.05, 0.1) is 17.4 Å². The molecule has 0 saturated carbocycles. The van der Waals surface area contributed by atoms with Crippen molar-refractivity contribution >= 4 is 5.97 Å². The van der Waals surface area contributed by atoms with Crippen molar-refractivity contribution in [2.45, 2.75) is 12.4 Å². The van der Waals surface area contributed by atoms with E-state index in [1.807, 2.05) is 0 Å². The summed E-state index contributed by atoms with van der Waals surface area (Å²) in [6.45, 7) is 0. The molecule has 0 aliphatic carbocycles. The van der Waals surface area contributed by atoms with Crippen LogP contribution in [0.1, 0.15) is 21.6 Å². The van der Waals surface area contributed by atoms with Crippen LogP contribution in [0.5, 0.6) is 0 Å². The number of alkyl halides is 6. The van der Waals surface area contributed by atoms with Crippen LogP contribution in [0.15, 0.2) is 30.5 Å². The minimum absolute atomic E-state index is 0.240. The first-order valence-electron chi connectivity index (χ1n) is 5.58. The zero-order valence-corrected chi connectivity index (χ0v) is 10.4. The molecular weight excluding hydrogens is 318 g/mol. The lowest BCUT2D eigenvalue weighted by molar-refractivity contribution is -0.143. The van der Waals surface area contributed by atoms with Gasteiger partial charge >= 0.3 is 18.3 Å². The Kier molecular flexibility index (Phi) is 3.63. The highest BCUT2D eigenvalue weighted by atomic mass is 19.4. The highest BCUT2D eigenvalue weighted by molar-refractivity contribution is 5.89. The second-order valence-corrected chi connectivity index (χ2v) is 4.17. The van der Waals surface area contributed by atoms with Crippen molar-refractivity contribution in [2.24, 2.45) is 0 Å². The molecule has 1 heterocycles. The molecule has 2 rings (SSSR count). The maximum absolute atomic E-state index is 13.0. The van der Waals surface area contributed by atoms with Crippen LogP contribution in [-0.4, -0.2) is 20.9 Å². The van der Waals surface area contributed by atoms with Crippen LogP contribution < -0.4 is 0 Å². The third-order valence-electron chi connectivity index (χ3n) is 2.71. The predicted octanol–water partition coefficient (Wildman–Crippen LogP) is 3.61. The van der Waals surface area contributed by atoms with Gasteiger partial charge < -0.3 is 5.11 Å². The number of carboxylic acids is 1. The smallest absolute Gasteiger partial charge is 0.434 e. The number of benzene rings is 1. The Morgan fingerprint density at radius 3 is 1.95 bits per heavy atom. The van der Waals surface area contributed by atoms with E-state index >= 15 is 0 Å². The molecule has 1 N–H and O–H groups in total. The molecule has 0 bridgehead atoms. The number of aromatic carboxylic acids is 1. The van der Waals surface area contributed by atoms with Gasteiger partial charge in [-0.25, -0.2) is 9.48 Å². The molecule has 1 aromatic heterocycles. The maximum Gasteiger partial charge on any atom is 0.434 e. The Balaban J connectivity index is 2.56. The van der Waals surface area contributed by atoms with E-state index in [4.69, 9.17) is 5.11 Å². The Morgan fingerprint density at radius 2 is 1.55 bits per heavy atom. The molecule has 1 aromatic carbocycles. The third kappa shape index (κ3) is 2.90. The first kappa shape index (κ1) is 15.9. The summed E-state index contributed by atoms with van der Waals surface area (Å²) in [5.74, 6) is -1.84. The minimum Gasteiger partial charge on any atom is -0.478 e. The molecule has 4 nitrogen and oxygen atoms in total. The molecule has 0 fully saturated rings. The van der Waals surface area contributed by atoms with Crippen molar-refractivity contribution in [3.8, 4) is 5.69 Å². The highest BCUT2D eigenvalue weighted by Gasteiger charge is 2.40. The van der Waals surface area contributed by atoms with Crippen LogP contribution in [0.3, 0.4) is 0 Å². The van der Waals surface area contributed by atoms with Crippen LogP contribution >= 0.6 is 0 Å². The van der Waals surface area contributed by atoms with Crippen molar-refractivity contribution in [1.82, 2.24) is 9.78 Å². The predicted molar refractivity (Wildman–Crippen MR) is 60.5 cm³/mol. The third-order valence-corrected chi connectivity index (χ3v) is 2.71. The standard InChI is InChI=1S/C12H6F6N2O2/c13-11(14,15)6-1-3-7(4-2-6)20-9(12(16,17)18)8(5-19-20)10(21)22/h1-5H,(H,21,22). The number of rotatable bonds is 2. The Hall–Kier alpha value is -2.52. The lowest BCUT2D eigenvalue weighted by Gasteiger charge is -2.12. The molecule has 0 radical (unpaired) electrons. The highest BCUT2D eigenvalue weighted by Crippen LogP contribution is 2.34. The molecule has 0 atom stereocenters. The first-order chi connectivity index (χ1) is 10.0. The van der Waals surface area contributed by atoms with Gasteiger partial charge in [-0.15, -0.1) is 0 Å². The molecule has 2 aromatic rings. The van der Waals surface area contributed by atoms with Gasteiger partial charge in [-0.05, 0) is 24.3 Å². The van der Waals surface area contributed by atoms with E-state index in [0.29, 0.717) is 18.3 Å². The molecule has 0 aliphatic heterocycles. The fourth-order valence-corrected chi connectivity index (χ4v) is 1.77. The Morgan fingerprint density at radius 1 is 1.00 bits per heavy atom. The van der Waals surface area contributed by atoms with E-state index in [0.717, 1.165) is 12.1 Å². The summed E-state index contributed by atoms with van der Waals surface area (Å²) in [4.78, 5) is 10.8. The van der Waals surface area contributed by atoms with Gasteiger partial charge in [0.2, 0.25) is 0 Å². The average Bonchev–Trinajstić information content (AvgIpc) is 2.82. The van der Waals surface area contributed by atoms with Gasteiger partial charge in [0, 0.05) is 0 Å². The van der Waals surface area contributed by atoms with Crippen LogP contribution in [0.25, 0.3) is 5.69 Å². The molecule has 0 spiro atoms. The van der Waals surface area contributed by atoms with E-state index in [-0.39, 0.29) is 10.4 Å². The van der Waals surface area contributed by atoms with Crippen molar-refractivity contribution in [2.75, 3.05) is 0 Å². The summed E-state index contributed by atoms with van der Waals surface area (Å²) in [6, 6.07) is 2.71. The summed E-state index contributed by atoms with van der Waals surface area (Å²) < 4.78 is 76.4. The number of hydrogen-bond donors (Lipinski definition) is 1. The van der Waals surface area contributed by atoms with E-state index in [1.54, 1.807) is 0 Å². The SMILES string of the molecule is O=C(O)c1cnn(-c2ccc(C(F)(F)F)cc2)c1C(F)(F)F. The van der Waals surface area contributed by atoms with Crippen LogP contribution in [0.4, 0.5) is 26.3 Å². The molecular formula is C12H6F6N2O2. The largest absolute Gasteiger partial charge is 0.478 e. The first-order valence-corrected chi connectivity index (χ1v) is 5.58. The van der Waals surface area contributed by atoms with Crippen molar-refractivity contribution in [3.05, 3.63) is 47.3 Å². The Bertz CT molecular complexity index is 700. The van der Waals surface area contributed by atoms with Crippen LogP contribution in [0.2, 0.25) is 0 Å². The van der Waals surface area contributed by atoms with E-state index in [9.17, 15) is 31.1 Å². The summed E-state index contributed by atoms with van der Waals surface area (Å²) in [6.07, 6.45) is -9.18. The molecule has 0 saturated heterocycles. The van der Waals surface area contributed by atoms with E-state index in [2.05, 4.69) is 5.10 Å². The van der Waals surface area contributed by atoms with Gasteiger partial charge in [-0.2, -0.15) is 31.4 Å². The van der Waals surface area contributed by atoms with E-state index < -0.39 is 35.1 Å². The minimum atomic E-state index is -5.03. The number of nitrogens with zero attached hydrogens (tertiary/aromatic N) is 2. The lowest BCUT2D eigenvalue weighted by atomic mass is 10.2. The topological polar surface area (TPSA) is 55.1 Å². The quantitative estimate of drug-likeness (QED) is 0.859. The monoisotopic (exact) mass is 324 g/mol. The van der Waals surface area contributed by atoms with Crippen molar-refractivity contribution in [3.63, 3.8) is 0 Å². The molecule has 118 valence electrons. The van der Waals surface area contributed by atoms with Gasteiger partial charge in [0.25, 0.3) is 0 Å². The normalized spacial score (nSPS) is 12.5. The molecule has 22 heavy (non-hydrogen) atoms. The number of aromatic nitrogens is 2. The molecule has 0 aliphatic rings. The molecule has 0 amide bonds. The molecule has 10 heteroatoms. The molecule has 0 unspecified atom stereocenters. The van der Waals surface area contributed by atoms with Crippen LogP contribution in [0, 0.1) is 0 Å². The zero-order chi connectivity index (χ0) is 16.7. The lowest BCUT2D eigenvalue weighted by Crippen LogP contribution is -2.17. The van der Waals surface area contributed by atoms with Gasteiger partial charge in [-0.1, -0.05) is 0 Å². The fourth-order valence-electron chi connectivity index (χ4n) is 1.77. The summed E-state index contributed by atoms with van der Waals surface area (Å²) in [7, 11) is 0. The maximum atomic E-state index is 13.0. The Labute approximate surface area is 118 Å². The number of carboxylic acid groups (broad SMARTS) is 1.